The monoisotopic (exact) mass is 255 g/mol. The van der Waals surface area contributed by atoms with Gasteiger partial charge in [-0.25, -0.2) is 12.8 Å². The van der Waals surface area contributed by atoms with Gasteiger partial charge in [-0.3, -0.25) is 0 Å². The Bertz CT molecular complexity index is 576. The molecule has 0 atom stereocenters. The second-order valence-corrected chi connectivity index (χ2v) is 6.07. The molecule has 1 aliphatic heterocycles. The van der Waals surface area contributed by atoms with E-state index in [0.29, 0.717) is 17.7 Å². The molecule has 5 heteroatoms. The molecule has 3 nitrogen and oxygen atoms in total. The quantitative estimate of drug-likeness (QED) is 0.898. The first-order valence-corrected chi connectivity index (χ1v) is 6.94. The zero-order chi connectivity index (χ0) is 12.6. The Hall–Kier alpha value is -1.20. The standard InChI is InChI=1S/C12H14FNO2S/c1-8(2)14-6-9-7-17(15,16)12-10(9)4-3-5-11(12)13/h3-5,7-8,14H,6H2,1-2H3. The average Bonchev–Trinajstić information content (AvgIpc) is 2.49. The van der Waals surface area contributed by atoms with Crippen LogP contribution < -0.4 is 5.32 Å². The highest BCUT2D eigenvalue weighted by molar-refractivity contribution is 7.95. The van der Waals surface area contributed by atoms with Crippen molar-refractivity contribution in [3.63, 3.8) is 0 Å². The number of halogens is 1. The summed E-state index contributed by atoms with van der Waals surface area (Å²) in [4.78, 5) is -0.194. The molecule has 1 N–H and O–H groups in total. The van der Waals surface area contributed by atoms with Crippen LogP contribution in [0.15, 0.2) is 28.5 Å². The van der Waals surface area contributed by atoms with Crippen molar-refractivity contribution in [2.45, 2.75) is 24.8 Å². The molecular formula is C12H14FNO2S. The summed E-state index contributed by atoms with van der Waals surface area (Å²) < 4.78 is 37.1. The first-order valence-electron chi connectivity index (χ1n) is 5.40. The summed E-state index contributed by atoms with van der Waals surface area (Å²) in [5.41, 5.74) is 1.09. The Kier molecular flexibility index (Phi) is 3.05. The van der Waals surface area contributed by atoms with E-state index in [4.69, 9.17) is 0 Å². The van der Waals surface area contributed by atoms with Crippen LogP contribution in [0.3, 0.4) is 0 Å². The molecule has 1 heterocycles. The van der Waals surface area contributed by atoms with Gasteiger partial charge in [0.2, 0.25) is 9.84 Å². The summed E-state index contributed by atoms with van der Waals surface area (Å²) in [5.74, 6) is -0.682. The lowest BCUT2D eigenvalue weighted by molar-refractivity contribution is 0.573. The van der Waals surface area contributed by atoms with Gasteiger partial charge in [0, 0.05) is 23.6 Å². The molecule has 0 saturated carbocycles. The minimum atomic E-state index is -3.61. The number of nitrogens with one attached hydrogen (secondary N) is 1. The highest BCUT2D eigenvalue weighted by Crippen LogP contribution is 2.34. The molecule has 0 aromatic heterocycles. The van der Waals surface area contributed by atoms with Crippen molar-refractivity contribution in [2.24, 2.45) is 0 Å². The minimum Gasteiger partial charge on any atom is -0.310 e. The lowest BCUT2D eigenvalue weighted by Crippen LogP contribution is -2.24. The number of hydrogen-bond acceptors (Lipinski definition) is 3. The van der Waals surface area contributed by atoms with Gasteiger partial charge < -0.3 is 5.32 Å². The Balaban J connectivity index is 2.44. The van der Waals surface area contributed by atoms with Crippen molar-refractivity contribution < 1.29 is 12.8 Å². The second-order valence-electron chi connectivity index (χ2n) is 4.34. The van der Waals surface area contributed by atoms with Crippen LogP contribution >= 0.6 is 0 Å². The molecule has 92 valence electrons. The maximum Gasteiger partial charge on any atom is 0.203 e. The van der Waals surface area contributed by atoms with Gasteiger partial charge in [-0.05, 0) is 11.6 Å². The summed E-state index contributed by atoms with van der Waals surface area (Å²) in [6.45, 7) is 4.36. The van der Waals surface area contributed by atoms with E-state index in [1.165, 1.54) is 12.1 Å². The Labute approximate surface area is 100 Å². The molecule has 0 amide bonds. The average molecular weight is 255 g/mol. The van der Waals surface area contributed by atoms with E-state index in [0.717, 1.165) is 5.41 Å². The summed E-state index contributed by atoms with van der Waals surface area (Å²) in [5, 5.41) is 4.28. The van der Waals surface area contributed by atoms with E-state index in [9.17, 15) is 12.8 Å². The zero-order valence-corrected chi connectivity index (χ0v) is 10.5. The van der Waals surface area contributed by atoms with E-state index < -0.39 is 15.7 Å². The van der Waals surface area contributed by atoms with Crippen LogP contribution in [0.2, 0.25) is 0 Å². The van der Waals surface area contributed by atoms with Gasteiger partial charge in [0.25, 0.3) is 0 Å². The molecular weight excluding hydrogens is 241 g/mol. The fourth-order valence-corrected chi connectivity index (χ4v) is 3.36. The molecule has 17 heavy (non-hydrogen) atoms. The molecule has 0 unspecified atom stereocenters. The number of rotatable bonds is 3. The van der Waals surface area contributed by atoms with Crippen LogP contribution in [0, 0.1) is 5.82 Å². The van der Waals surface area contributed by atoms with Gasteiger partial charge >= 0.3 is 0 Å². The lowest BCUT2D eigenvalue weighted by atomic mass is 10.1. The highest BCUT2D eigenvalue weighted by Gasteiger charge is 2.29. The third kappa shape index (κ3) is 2.25. The van der Waals surface area contributed by atoms with Crippen molar-refractivity contribution in [3.8, 4) is 0 Å². The number of hydrogen-bond donors (Lipinski definition) is 1. The third-order valence-electron chi connectivity index (χ3n) is 2.60. The molecule has 1 aromatic carbocycles. The maximum atomic E-state index is 13.5. The molecule has 0 spiro atoms. The van der Waals surface area contributed by atoms with E-state index >= 15 is 0 Å². The Morgan fingerprint density at radius 1 is 1.35 bits per heavy atom. The lowest BCUT2D eigenvalue weighted by Gasteiger charge is -2.09. The smallest absolute Gasteiger partial charge is 0.203 e. The van der Waals surface area contributed by atoms with E-state index in [1.54, 1.807) is 6.07 Å². The fourth-order valence-electron chi connectivity index (χ4n) is 1.81. The van der Waals surface area contributed by atoms with Crippen molar-refractivity contribution in [1.82, 2.24) is 5.32 Å². The van der Waals surface area contributed by atoms with E-state index in [-0.39, 0.29) is 10.9 Å². The van der Waals surface area contributed by atoms with Gasteiger partial charge in [-0.2, -0.15) is 0 Å². The molecule has 1 aliphatic rings. The summed E-state index contributed by atoms with van der Waals surface area (Å²) >= 11 is 0. The van der Waals surface area contributed by atoms with E-state index in [1.807, 2.05) is 13.8 Å². The van der Waals surface area contributed by atoms with Gasteiger partial charge in [-0.15, -0.1) is 0 Å². The van der Waals surface area contributed by atoms with Crippen molar-refractivity contribution in [3.05, 3.63) is 35.0 Å². The third-order valence-corrected chi connectivity index (χ3v) is 4.17. The summed E-state index contributed by atoms with van der Waals surface area (Å²) in [6, 6.07) is 4.58. The minimum absolute atomic E-state index is 0.194. The predicted molar refractivity (Wildman–Crippen MR) is 64.7 cm³/mol. The van der Waals surface area contributed by atoms with Gasteiger partial charge in [0.15, 0.2) is 0 Å². The summed E-state index contributed by atoms with van der Waals surface area (Å²) in [6.07, 6.45) is 0. The Morgan fingerprint density at radius 3 is 2.71 bits per heavy atom. The van der Waals surface area contributed by atoms with Crippen LogP contribution in [0.25, 0.3) is 5.57 Å². The SMILES string of the molecule is CC(C)NCC1=CS(=O)(=O)c2c(F)cccc21. The van der Waals surface area contributed by atoms with Crippen LogP contribution in [-0.4, -0.2) is 21.0 Å². The van der Waals surface area contributed by atoms with Crippen LogP contribution in [0.1, 0.15) is 19.4 Å². The van der Waals surface area contributed by atoms with E-state index in [2.05, 4.69) is 5.32 Å². The van der Waals surface area contributed by atoms with Crippen molar-refractivity contribution in [2.75, 3.05) is 6.54 Å². The summed E-state index contributed by atoms with van der Waals surface area (Å²) in [7, 11) is -3.61. The molecule has 0 fully saturated rings. The number of sulfone groups is 1. The zero-order valence-electron chi connectivity index (χ0n) is 9.70. The fraction of sp³-hybridized carbons (Fsp3) is 0.333. The molecule has 0 saturated heterocycles. The van der Waals surface area contributed by atoms with Crippen LogP contribution in [0.4, 0.5) is 4.39 Å². The topological polar surface area (TPSA) is 46.2 Å². The molecule has 0 aliphatic carbocycles. The Morgan fingerprint density at radius 2 is 2.06 bits per heavy atom. The first-order chi connectivity index (χ1) is 7.92. The van der Waals surface area contributed by atoms with Crippen molar-refractivity contribution >= 4 is 15.4 Å². The molecule has 2 rings (SSSR count). The molecule has 1 aromatic rings. The second kappa shape index (κ2) is 4.23. The van der Waals surface area contributed by atoms with Crippen LogP contribution in [-0.2, 0) is 9.84 Å². The predicted octanol–water partition coefficient (Wildman–Crippen LogP) is 1.95. The van der Waals surface area contributed by atoms with Crippen molar-refractivity contribution in [1.29, 1.82) is 0 Å². The normalized spacial score (nSPS) is 17.1. The molecule has 0 radical (unpaired) electrons. The van der Waals surface area contributed by atoms with Gasteiger partial charge in [0.1, 0.15) is 10.7 Å². The maximum absolute atomic E-state index is 13.5. The highest BCUT2D eigenvalue weighted by atomic mass is 32.2. The molecule has 0 bridgehead atoms. The van der Waals surface area contributed by atoms with Gasteiger partial charge in [0.05, 0.1) is 0 Å². The number of fused-ring (bicyclic) bond motifs is 1. The largest absolute Gasteiger partial charge is 0.310 e. The number of benzene rings is 1. The van der Waals surface area contributed by atoms with Crippen LogP contribution in [0.5, 0.6) is 0 Å². The van der Waals surface area contributed by atoms with Gasteiger partial charge in [-0.1, -0.05) is 26.0 Å². The first kappa shape index (κ1) is 12.3.